The molecular weight excluding hydrogens is 468 g/mol. The smallest absolute Gasteiger partial charge is 0.283 e. The van der Waals surface area contributed by atoms with Gasteiger partial charge in [-0.25, -0.2) is 0 Å². The van der Waals surface area contributed by atoms with E-state index < -0.39 is 15.4 Å². The van der Waals surface area contributed by atoms with Crippen LogP contribution in [0.1, 0.15) is 47.3 Å². The zero-order valence-electron chi connectivity index (χ0n) is 20.1. The average molecular weight is 497 g/mol. The standard InChI is InChI=1S/C29H28N4O2S/c1-21-13-15-24(16-14-21)36(34,35)33-26-20-29(22-8-3-2-4-9-22,27-12-5-6-19-30-27)18-17-25(26)28(32-33)31-23-10-7-11-23/h2-6,8-9,12-19,23H,7,10-11,20H2,1H3,(H,31,32). The topological polar surface area (TPSA) is 76.9 Å². The number of fused-ring (bicyclic) bond motifs is 1. The Morgan fingerprint density at radius 1 is 0.972 bits per heavy atom. The fourth-order valence-corrected chi connectivity index (χ4v) is 6.40. The molecule has 6 nitrogen and oxygen atoms in total. The summed E-state index contributed by atoms with van der Waals surface area (Å²) in [6, 6.07) is 23.3. The number of nitrogens with zero attached hydrogens (tertiary/aromatic N) is 3. The number of pyridine rings is 1. The fourth-order valence-electron chi connectivity index (χ4n) is 5.08. The molecule has 2 aliphatic rings. The molecule has 0 aliphatic heterocycles. The van der Waals surface area contributed by atoms with E-state index in [0.29, 0.717) is 24.0 Å². The van der Waals surface area contributed by atoms with Gasteiger partial charge in [-0.1, -0.05) is 66.2 Å². The van der Waals surface area contributed by atoms with Crippen LogP contribution in [0, 0.1) is 6.92 Å². The van der Waals surface area contributed by atoms with Crippen molar-refractivity contribution in [1.29, 1.82) is 0 Å². The minimum absolute atomic E-state index is 0.228. The number of hydrogen-bond acceptors (Lipinski definition) is 5. The van der Waals surface area contributed by atoms with Gasteiger partial charge in [-0.3, -0.25) is 4.98 Å². The minimum atomic E-state index is -3.90. The third-order valence-corrected chi connectivity index (χ3v) is 9.00. The number of hydrogen-bond donors (Lipinski definition) is 1. The van der Waals surface area contributed by atoms with Crippen LogP contribution in [0.4, 0.5) is 5.82 Å². The fraction of sp³-hybridized carbons (Fsp3) is 0.241. The maximum atomic E-state index is 13.9. The van der Waals surface area contributed by atoms with Crippen molar-refractivity contribution in [3.8, 4) is 0 Å². The molecule has 182 valence electrons. The Labute approximate surface area is 211 Å². The second-order valence-electron chi connectivity index (χ2n) is 9.70. The Morgan fingerprint density at radius 3 is 2.39 bits per heavy atom. The van der Waals surface area contributed by atoms with Crippen LogP contribution in [0.2, 0.25) is 0 Å². The first-order chi connectivity index (χ1) is 17.5. The quantitative estimate of drug-likeness (QED) is 0.390. The zero-order valence-corrected chi connectivity index (χ0v) is 20.9. The number of anilines is 1. The van der Waals surface area contributed by atoms with Crippen molar-refractivity contribution in [3.63, 3.8) is 0 Å². The van der Waals surface area contributed by atoms with Gasteiger partial charge in [0.25, 0.3) is 10.0 Å². The lowest BCUT2D eigenvalue weighted by molar-refractivity contribution is 0.444. The van der Waals surface area contributed by atoms with Crippen molar-refractivity contribution in [2.45, 2.75) is 49.0 Å². The predicted molar refractivity (Wildman–Crippen MR) is 141 cm³/mol. The minimum Gasteiger partial charge on any atom is -0.365 e. The van der Waals surface area contributed by atoms with E-state index in [1.807, 2.05) is 61.5 Å². The van der Waals surface area contributed by atoms with Gasteiger partial charge in [-0.05, 0) is 56.0 Å². The van der Waals surface area contributed by atoms with Crippen molar-refractivity contribution >= 4 is 21.9 Å². The number of rotatable bonds is 6. The van der Waals surface area contributed by atoms with Crippen molar-refractivity contribution in [1.82, 2.24) is 14.2 Å². The van der Waals surface area contributed by atoms with E-state index in [-0.39, 0.29) is 4.90 Å². The number of aryl methyl sites for hydroxylation is 1. The predicted octanol–water partition coefficient (Wildman–Crippen LogP) is 5.34. The second-order valence-corrected chi connectivity index (χ2v) is 11.5. The molecule has 0 spiro atoms. The highest BCUT2D eigenvalue weighted by atomic mass is 32.2. The van der Waals surface area contributed by atoms with Crippen LogP contribution in [0.3, 0.4) is 0 Å². The van der Waals surface area contributed by atoms with Gasteiger partial charge in [0.15, 0.2) is 5.82 Å². The molecule has 2 aromatic carbocycles. The van der Waals surface area contributed by atoms with Gasteiger partial charge in [0.05, 0.1) is 21.7 Å². The highest BCUT2D eigenvalue weighted by molar-refractivity contribution is 7.89. The summed E-state index contributed by atoms with van der Waals surface area (Å²) in [5, 5.41) is 8.19. The molecule has 0 saturated heterocycles. The number of allylic oxidation sites excluding steroid dienone is 1. The number of aromatic nitrogens is 3. The van der Waals surface area contributed by atoms with Gasteiger partial charge in [0, 0.05) is 24.2 Å². The van der Waals surface area contributed by atoms with Gasteiger partial charge in [-0.2, -0.15) is 12.5 Å². The zero-order chi connectivity index (χ0) is 24.8. The maximum absolute atomic E-state index is 13.9. The van der Waals surface area contributed by atoms with Crippen molar-refractivity contribution in [2.24, 2.45) is 0 Å². The molecule has 2 heterocycles. The largest absolute Gasteiger partial charge is 0.365 e. The summed E-state index contributed by atoms with van der Waals surface area (Å²) in [5.74, 6) is 0.629. The first-order valence-corrected chi connectivity index (χ1v) is 13.8. The highest BCUT2D eigenvalue weighted by Gasteiger charge is 2.41. The summed E-state index contributed by atoms with van der Waals surface area (Å²) in [7, 11) is -3.90. The Bertz CT molecular complexity index is 1480. The molecule has 0 bridgehead atoms. The van der Waals surface area contributed by atoms with Gasteiger partial charge >= 0.3 is 0 Å². The van der Waals surface area contributed by atoms with Crippen molar-refractivity contribution in [3.05, 3.63) is 113 Å². The summed E-state index contributed by atoms with van der Waals surface area (Å²) in [6.07, 6.45) is 9.70. The second kappa shape index (κ2) is 8.75. The normalized spacial score (nSPS) is 19.5. The van der Waals surface area contributed by atoms with E-state index in [1.165, 1.54) is 10.5 Å². The first-order valence-electron chi connectivity index (χ1n) is 12.3. The van der Waals surface area contributed by atoms with Crippen LogP contribution in [0.25, 0.3) is 6.08 Å². The Morgan fingerprint density at radius 2 is 1.72 bits per heavy atom. The van der Waals surface area contributed by atoms with E-state index >= 15 is 0 Å². The van der Waals surface area contributed by atoms with E-state index in [2.05, 4.69) is 28.6 Å². The third-order valence-electron chi connectivity index (χ3n) is 7.37. The van der Waals surface area contributed by atoms with Crippen LogP contribution >= 0.6 is 0 Å². The summed E-state index contributed by atoms with van der Waals surface area (Å²) >= 11 is 0. The van der Waals surface area contributed by atoms with Gasteiger partial charge in [-0.15, -0.1) is 5.10 Å². The molecule has 2 aromatic heterocycles. The van der Waals surface area contributed by atoms with E-state index in [9.17, 15) is 8.42 Å². The van der Waals surface area contributed by atoms with E-state index in [1.54, 1.807) is 18.3 Å². The lowest BCUT2D eigenvalue weighted by Gasteiger charge is -2.34. The monoisotopic (exact) mass is 496 g/mol. The summed E-state index contributed by atoms with van der Waals surface area (Å²) in [5.41, 5.74) is 3.80. The lowest BCUT2D eigenvalue weighted by Crippen LogP contribution is -2.33. The number of nitrogens with one attached hydrogen (secondary N) is 1. The SMILES string of the molecule is Cc1ccc(S(=O)(=O)n2nc(NC3CCC3)c3c2CC(c2ccccc2)(c2ccccn2)C=C3)cc1. The molecule has 0 amide bonds. The molecule has 4 aromatic rings. The molecule has 1 N–H and O–H groups in total. The van der Waals surface area contributed by atoms with Gasteiger partial charge < -0.3 is 5.32 Å². The maximum Gasteiger partial charge on any atom is 0.283 e. The van der Waals surface area contributed by atoms with Crippen LogP contribution in [0.5, 0.6) is 0 Å². The Balaban J connectivity index is 1.54. The van der Waals surface area contributed by atoms with Crippen LogP contribution < -0.4 is 5.32 Å². The van der Waals surface area contributed by atoms with Gasteiger partial charge in [0.2, 0.25) is 0 Å². The molecule has 1 unspecified atom stereocenters. The van der Waals surface area contributed by atoms with E-state index in [0.717, 1.165) is 35.2 Å². The lowest BCUT2D eigenvalue weighted by atomic mass is 9.70. The van der Waals surface area contributed by atoms with Crippen molar-refractivity contribution in [2.75, 3.05) is 5.32 Å². The third kappa shape index (κ3) is 3.75. The number of benzene rings is 2. The van der Waals surface area contributed by atoms with Crippen LogP contribution in [-0.2, 0) is 21.9 Å². The Kier molecular flexibility index (Phi) is 5.52. The van der Waals surface area contributed by atoms with Crippen LogP contribution in [-0.4, -0.2) is 28.6 Å². The molecule has 36 heavy (non-hydrogen) atoms. The average Bonchev–Trinajstić information content (AvgIpc) is 3.25. The molecule has 7 heteroatoms. The van der Waals surface area contributed by atoms with Crippen molar-refractivity contribution < 1.29 is 8.42 Å². The summed E-state index contributed by atoms with van der Waals surface area (Å²) < 4.78 is 29.1. The van der Waals surface area contributed by atoms with Crippen LogP contribution in [0.15, 0.2) is 90.0 Å². The van der Waals surface area contributed by atoms with Gasteiger partial charge in [0.1, 0.15) is 0 Å². The highest BCUT2D eigenvalue weighted by Crippen LogP contribution is 2.43. The molecular formula is C29H28N4O2S. The summed E-state index contributed by atoms with van der Waals surface area (Å²) in [6.45, 7) is 1.94. The molecule has 6 rings (SSSR count). The first kappa shape index (κ1) is 22.7. The molecule has 1 atom stereocenters. The molecule has 2 aliphatic carbocycles. The summed E-state index contributed by atoms with van der Waals surface area (Å²) in [4.78, 5) is 4.94. The molecule has 1 saturated carbocycles. The molecule has 0 radical (unpaired) electrons. The van der Waals surface area contributed by atoms with E-state index in [4.69, 9.17) is 4.98 Å². The molecule has 1 fully saturated rings. The Hall–Kier alpha value is -3.71.